The van der Waals surface area contributed by atoms with Gasteiger partial charge in [0, 0.05) is 23.4 Å². The zero-order chi connectivity index (χ0) is 30.2. The number of hydrogen-bond acceptors (Lipinski definition) is 10. The second-order valence-electron chi connectivity index (χ2n) is 10.1. The van der Waals surface area contributed by atoms with Gasteiger partial charge in [-0.1, -0.05) is 24.3 Å². The van der Waals surface area contributed by atoms with Crippen molar-refractivity contribution in [2.45, 2.75) is 43.4 Å². The molecule has 0 fully saturated rings. The molecule has 1 aliphatic heterocycles. The maximum atomic E-state index is 13.4. The maximum Gasteiger partial charge on any atom is 0.387 e. The number of halogens is 2. The van der Waals surface area contributed by atoms with Crippen LogP contribution in [0.3, 0.4) is 0 Å². The monoisotopic (exact) mass is 594 g/mol. The Balaban J connectivity index is 1.50. The fourth-order valence-corrected chi connectivity index (χ4v) is 5.91. The number of amides is 1. The molecule has 42 heavy (non-hydrogen) atoms. The summed E-state index contributed by atoms with van der Waals surface area (Å²) in [4.78, 5) is 18.8. The van der Waals surface area contributed by atoms with Crippen LogP contribution in [0.1, 0.15) is 25.3 Å². The van der Waals surface area contributed by atoms with Gasteiger partial charge in [0.2, 0.25) is 17.7 Å². The minimum Gasteiger partial charge on any atom is -0.435 e. The Morgan fingerprint density at radius 3 is 2.55 bits per heavy atom. The summed E-state index contributed by atoms with van der Waals surface area (Å²) in [5.74, 6) is -1.09. The van der Waals surface area contributed by atoms with E-state index in [1.807, 2.05) is 0 Å². The predicted octanol–water partition coefficient (Wildman–Crippen LogP) is 3.85. The molecule has 216 valence electrons. The van der Waals surface area contributed by atoms with Gasteiger partial charge in [0.1, 0.15) is 11.2 Å². The molecule has 2 aromatic carbocycles. The van der Waals surface area contributed by atoms with Crippen LogP contribution in [0.2, 0.25) is 0 Å². The van der Waals surface area contributed by atoms with Gasteiger partial charge in [-0.3, -0.25) is 9.78 Å². The summed E-state index contributed by atoms with van der Waals surface area (Å²) in [6.45, 7) is 0.228. The van der Waals surface area contributed by atoms with Gasteiger partial charge in [-0.15, -0.1) is 10.2 Å². The largest absolute Gasteiger partial charge is 0.435 e. The Morgan fingerprint density at radius 2 is 1.86 bits per heavy atom. The molecule has 3 heterocycles. The van der Waals surface area contributed by atoms with Crippen molar-refractivity contribution in [3.05, 3.63) is 72.2 Å². The number of carbonyl (C=O) groups is 1. The van der Waals surface area contributed by atoms with Crippen molar-refractivity contribution in [2.24, 2.45) is 5.73 Å². The molecule has 1 atom stereocenters. The lowest BCUT2D eigenvalue weighted by atomic mass is 9.96. The smallest absolute Gasteiger partial charge is 0.387 e. The minimum atomic E-state index is -3.93. The van der Waals surface area contributed by atoms with Crippen LogP contribution in [-0.4, -0.2) is 47.9 Å². The number of aromatic nitrogens is 3. The van der Waals surface area contributed by atoms with Crippen molar-refractivity contribution < 1.29 is 31.1 Å². The highest BCUT2D eigenvalue weighted by Gasteiger charge is 2.37. The van der Waals surface area contributed by atoms with Crippen molar-refractivity contribution in [2.75, 3.05) is 10.7 Å². The van der Waals surface area contributed by atoms with Crippen molar-refractivity contribution >= 4 is 21.4 Å². The average Bonchev–Trinajstić information content (AvgIpc) is 3.45. The standard InChI is InChI=1S/C28H24F2N6O5S/c1-28(2,15-31)26-35-34-24(41-26)18-7-8-23-22(11-18)36(25(37)20(32)14-42(23,38)39)13-16-3-5-17(6-4-16)21-12-19(9-10-33-21)40-27(29)30/h3-12,20,27H,13-14,32H2,1-2H3/t20-/m0/s1. The van der Waals surface area contributed by atoms with E-state index in [-0.39, 0.29) is 34.7 Å². The van der Waals surface area contributed by atoms with Gasteiger partial charge in [-0.05, 0) is 43.7 Å². The number of carbonyl (C=O) groups excluding carboxylic acids is 1. The van der Waals surface area contributed by atoms with Crippen LogP contribution in [-0.2, 0) is 26.6 Å². The Labute approximate surface area is 239 Å². The Morgan fingerprint density at radius 1 is 1.14 bits per heavy atom. The average molecular weight is 595 g/mol. The van der Waals surface area contributed by atoms with Crippen LogP contribution in [0.15, 0.2) is 70.1 Å². The van der Waals surface area contributed by atoms with Gasteiger partial charge in [0.05, 0.1) is 40.7 Å². The van der Waals surface area contributed by atoms with Crippen LogP contribution in [0.4, 0.5) is 14.5 Å². The number of ether oxygens (including phenoxy) is 1. The lowest BCUT2D eigenvalue weighted by Crippen LogP contribution is -2.45. The van der Waals surface area contributed by atoms with E-state index >= 15 is 0 Å². The van der Waals surface area contributed by atoms with Crippen molar-refractivity contribution in [1.82, 2.24) is 15.2 Å². The van der Waals surface area contributed by atoms with E-state index in [1.165, 1.54) is 41.4 Å². The molecule has 4 aromatic rings. The van der Waals surface area contributed by atoms with Gasteiger partial charge < -0.3 is 19.8 Å². The number of pyridine rings is 1. The molecule has 5 rings (SSSR count). The molecule has 2 aromatic heterocycles. The zero-order valence-corrected chi connectivity index (χ0v) is 23.2. The van der Waals surface area contributed by atoms with Gasteiger partial charge in [0.15, 0.2) is 9.84 Å². The molecule has 0 saturated heterocycles. The summed E-state index contributed by atoms with van der Waals surface area (Å²) in [5.41, 5.74) is 7.05. The first-order valence-electron chi connectivity index (χ1n) is 12.6. The zero-order valence-electron chi connectivity index (χ0n) is 22.4. The highest BCUT2D eigenvalue weighted by Crippen LogP contribution is 2.36. The van der Waals surface area contributed by atoms with E-state index in [4.69, 9.17) is 10.2 Å². The van der Waals surface area contributed by atoms with Crippen molar-refractivity contribution in [3.8, 4) is 34.5 Å². The number of rotatable bonds is 7. The molecule has 0 unspecified atom stereocenters. The van der Waals surface area contributed by atoms with Crippen molar-refractivity contribution in [1.29, 1.82) is 5.26 Å². The third-order valence-electron chi connectivity index (χ3n) is 6.60. The molecule has 14 heteroatoms. The number of fused-ring (bicyclic) bond motifs is 1. The number of nitrogens with zero attached hydrogens (tertiary/aromatic N) is 5. The van der Waals surface area contributed by atoms with E-state index < -0.39 is 39.6 Å². The second kappa shape index (κ2) is 10.9. The van der Waals surface area contributed by atoms with Crippen LogP contribution >= 0.6 is 0 Å². The molecule has 0 radical (unpaired) electrons. The quantitative estimate of drug-likeness (QED) is 0.332. The van der Waals surface area contributed by atoms with Gasteiger partial charge >= 0.3 is 6.61 Å². The van der Waals surface area contributed by atoms with E-state index in [2.05, 4.69) is 26.0 Å². The first-order chi connectivity index (χ1) is 19.9. The number of alkyl halides is 2. The third-order valence-corrected chi connectivity index (χ3v) is 8.41. The lowest BCUT2D eigenvalue weighted by molar-refractivity contribution is -0.119. The summed E-state index contributed by atoms with van der Waals surface area (Å²) in [5, 5.41) is 17.4. The summed E-state index contributed by atoms with van der Waals surface area (Å²) in [6.07, 6.45) is 1.35. The molecule has 1 aliphatic rings. The summed E-state index contributed by atoms with van der Waals surface area (Å²) in [6, 6.07) is 14.6. The van der Waals surface area contributed by atoms with Crippen LogP contribution < -0.4 is 15.4 Å². The van der Waals surface area contributed by atoms with Crippen LogP contribution in [0.25, 0.3) is 22.7 Å². The second-order valence-corrected chi connectivity index (χ2v) is 12.1. The molecule has 0 saturated carbocycles. The highest BCUT2D eigenvalue weighted by atomic mass is 32.2. The highest BCUT2D eigenvalue weighted by molar-refractivity contribution is 7.91. The molecule has 0 aliphatic carbocycles. The van der Waals surface area contributed by atoms with E-state index in [1.54, 1.807) is 38.1 Å². The maximum absolute atomic E-state index is 13.4. The van der Waals surface area contributed by atoms with Crippen molar-refractivity contribution in [3.63, 3.8) is 0 Å². The number of sulfone groups is 1. The number of nitrogens with two attached hydrogens (primary N) is 1. The number of anilines is 1. The molecular formula is C28H24F2N6O5S. The summed E-state index contributed by atoms with van der Waals surface area (Å²) >= 11 is 0. The van der Waals surface area contributed by atoms with Gasteiger partial charge in [-0.25, -0.2) is 8.42 Å². The minimum absolute atomic E-state index is 0.0305. The molecule has 1 amide bonds. The molecule has 11 nitrogen and oxygen atoms in total. The van der Waals surface area contributed by atoms with Crippen LogP contribution in [0.5, 0.6) is 5.75 Å². The fraction of sp³-hybridized carbons (Fsp3) is 0.250. The first kappa shape index (κ1) is 28.8. The Bertz CT molecular complexity index is 1800. The first-order valence-corrected chi connectivity index (χ1v) is 14.2. The molecule has 0 bridgehead atoms. The van der Waals surface area contributed by atoms with Gasteiger partial charge in [0.25, 0.3) is 0 Å². The third kappa shape index (κ3) is 5.69. The van der Waals surface area contributed by atoms with Gasteiger partial charge in [-0.2, -0.15) is 14.0 Å². The van der Waals surface area contributed by atoms with Crippen LogP contribution in [0, 0.1) is 11.3 Å². The fourth-order valence-electron chi connectivity index (χ4n) is 4.35. The Kier molecular flexibility index (Phi) is 7.48. The van der Waals surface area contributed by atoms with E-state index in [0.717, 1.165) is 0 Å². The molecule has 2 N–H and O–H groups in total. The normalized spacial score (nSPS) is 16.5. The Hall–Kier alpha value is -4.74. The number of benzene rings is 2. The summed E-state index contributed by atoms with van der Waals surface area (Å²) < 4.78 is 61.7. The number of hydrogen-bond donors (Lipinski definition) is 1. The lowest BCUT2D eigenvalue weighted by Gasteiger charge is -2.24. The van der Waals surface area contributed by atoms with E-state index in [0.29, 0.717) is 22.4 Å². The molecular weight excluding hydrogens is 570 g/mol. The summed E-state index contributed by atoms with van der Waals surface area (Å²) in [7, 11) is -3.93. The van der Waals surface area contributed by atoms with E-state index in [9.17, 15) is 27.3 Å². The number of nitriles is 1. The molecule has 0 spiro atoms. The SMILES string of the molecule is CC(C)(C#N)c1nnc(-c2ccc3c(c2)N(Cc2ccc(-c4cc(OC(F)F)ccn4)cc2)C(=O)[C@@H](N)CS3(=O)=O)o1. The topological polar surface area (TPSA) is 165 Å². The predicted molar refractivity (Wildman–Crippen MR) is 146 cm³/mol.